The van der Waals surface area contributed by atoms with Crippen LogP contribution in [0.4, 0.5) is 5.69 Å². The predicted octanol–water partition coefficient (Wildman–Crippen LogP) is 3.60. The maximum Gasteiger partial charge on any atom is 0.252 e. The van der Waals surface area contributed by atoms with Crippen LogP contribution in [0.15, 0.2) is 54.6 Å². The number of benzene rings is 2. The first-order chi connectivity index (χ1) is 10.2. The molecule has 0 unspecified atom stereocenters. The Bertz CT molecular complexity index is 586. The van der Waals surface area contributed by atoms with E-state index in [2.05, 4.69) is 22.3 Å². The Morgan fingerprint density at radius 2 is 1.76 bits per heavy atom. The maximum absolute atomic E-state index is 12.0. The highest BCUT2D eigenvalue weighted by Gasteiger charge is 2.08. The maximum atomic E-state index is 12.0. The fourth-order valence-corrected chi connectivity index (χ4v) is 2.29. The van der Waals surface area contributed by atoms with Crippen molar-refractivity contribution in [3.05, 3.63) is 65.2 Å². The standard InChI is InChI=1S/C17H19ClN2O/c1-20(14-8-3-2-4-9-14)13-7-12-19-17(21)15-10-5-6-11-16(15)18/h2-6,8-11H,7,12-13H2,1H3,(H,19,21). The Kier molecular flexibility index (Phi) is 5.64. The summed E-state index contributed by atoms with van der Waals surface area (Å²) in [5, 5.41) is 3.38. The van der Waals surface area contributed by atoms with Gasteiger partial charge in [-0.1, -0.05) is 41.9 Å². The number of carbonyl (C=O) groups excluding carboxylic acids is 1. The zero-order valence-electron chi connectivity index (χ0n) is 12.1. The minimum absolute atomic E-state index is 0.122. The van der Waals surface area contributed by atoms with E-state index in [1.54, 1.807) is 12.1 Å². The second-order valence-corrected chi connectivity index (χ2v) is 5.25. The molecular weight excluding hydrogens is 284 g/mol. The van der Waals surface area contributed by atoms with Crippen LogP contribution in [0.3, 0.4) is 0 Å². The lowest BCUT2D eigenvalue weighted by Crippen LogP contribution is -2.28. The smallest absolute Gasteiger partial charge is 0.252 e. The van der Waals surface area contributed by atoms with E-state index in [-0.39, 0.29) is 5.91 Å². The number of para-hydroxylation sites is 1. The van der Waals surface area contributed by atoms with E-state index >= 15 is 0 Å². The molecule has 0 saturated carbocycles. The third kappa shape index (κ3) is 4.50. The van der Waals surface area contributed by atoms with Crippen LogP contribution >= 0.6 is 11.6 Å². The minimum Gasteiger partial charge on any atom is -0.375 e. The van der Waals surface area contributed by atoms with Crippen LogP contribution in [0, 0.1) is 0 Å². The van der Waals surface area contributed by atoms with Crippen molar-refractivity contribution in [2.45, 2.75) is 6.42 Å². The lowest BCUT2D eigenvalue weighted by atomic mass is 10.2. The predicted molar refractivity (Wildman–Crippen MR) is 88.1 cm³/mol. The van der Waals surface area contributed by atoms with Crippen LogP contribution < -0.4 is 10.2 Å². The van der Waals surface area contributed by atoms with Gasteiger partial charge in [-0.15, -0.1) is 0 Å². The summed E-state index contributed by atoms with van der Waals surface area (Å²) in [4.78, 5) is 14.1. The molecule has 110 valence electrons. The van der Waals surface area contributed by atoms with Crippen molar-refractivity contribution in [2.75, 3.05) is 25.0 Å². The molecule has 0 atom stereocenters. The van der Waals surface area contributed by atoms with Crippen molar-refractivity contribution in [2.24, 2.45) is 0 Å². The van der Waals surface area contributed by atoms with Gasteiger partial charge in [-0.25, -0.2) is 0 Å². The molecule has 1 N–H and O–H groups in total. The Balaban J connectivity index is 1.75. The molecule has 3 nitrogen and oxygen atoms in total. The third-order valence-corrected chi connectivity index (χ3v) is 3.60. The number of halogens is 1. The van der Waals surface area contributed by atoms with Gasteiger partial charge in [-0.05, 0) is 30.7 Å². The molecule has 4 heteroatoms. The van der Waals surface area contributed by atoms with Gasteiger partial charge >= 0.3 is 0 Å². The number of amides is 1. The fraction of sp³-hybridized carbons (Fsp3) is 0.235. The van der Waals surface area contributed by atoms with Crippen molar-refractivity contribution in [1.29, 1.82) is 0 Å². The van der Waals surface area contributed by atoms with Crippen molar-refractivity contribution < 1.29 is 4.79 Å². The molecule has 0 heterocycles. The summed E-state index contributed by atoms with van der Waals surface area (Å²) in [6.07, 6.45) is 0.877. The zero-order valence-corrected chi connectivity index (χ0v) is 12.8. The van der Waals surface area contributed by atoms with Gasteiger partial charge in [0.25, 0.3) is 5.91 Å². The van der Waals surface area contributed by atoms with Gasteiger partial charge in [0.15, 0.2) is 0 Å². The van der Waals surface area contributed by atoms with Crippen LogP contribution in [0.5, 0.6) is 0 Å². The molecule has 0 aliphatic rings. The summed E-state index contributed by atoms with van der Waals surface area (Å²) in [7, 11) is 2.05. The second kappa shape index (κ2) is 7.70. The fourth-order valence-electron chi connectivity index (χ4n) is 2.07. The Morgan fingerprint density at radius 3 is 2.48 bits per heavy atom. The topological polar surface area (TPSA) is 32.3 Å². The molecule has 0 aromatic heterocycles. The molecular formula is C17H19ClN2O. The molecule has 0 aliphatic carbocycles. The minimum atomic E-state index is -0.122. The van der Waals surface area contributed by atoms with Gasteiger partial charge in [0.1, 0.15) is 0 Å². The van der Waals surface area contributed by atoms with Crippen molar-refractivity contribution >= 4 is 23.2 Å². The van der Waals surface area contributed by atoms with E-state index < -0.39 is 0 Å². The third-order valence-electron chi connectivity index (χ3n) is 3.27. The van der Waals surface area contributed by atoms with Crippen LogP contribution in [0.25, 0.3) is 0 Å². The summed E-state index contributed by atoms with van der Waals surface area (Å²) < 4.78 is 0. The molecule has 0 spiro atoms. The molecule has 0 bridgehead atoms. The molecule has 0 radical (unpaired) electrons. The first-order valence-corrected chi connectivity index (χ1v) is 7.35. The van der Waals surface area contributed by atoms with E-state index in [1.165, 1.54) is 5.69 Å². The molecule has 1 amide bonds. The summed E-state index contributed by atoms with van der Waals surface area (Å²) in [6, 6.07) is 17.3. The van der Waals surface area contributed by atoms with Crippen LogP contribution in [0.1, 0.15) is 16.8 Å². The number of hydrogen-bond donors (Lipinski definition) is 1. The monoisotopic (exact) mass is 302 g/mol. The Hall–Kier alpha value is -2.00. The van der Waals surface area contributed by atoms with Gasteiger partial charge in [-0.3, -0.25) is 4.79 Å². The molecule has 2 aromatic rings. The summed E-state index contributed by atoms with van der Waals surface area (Å²) in [5.41, 5.74) is 1.70. The van der Waals surface area contributed by atoms with Crippen LogP contribution in [-0.4, -0.2) is 26.0 Å². The molecule has 2 rings (SSSR count). The van der Waals surface area contributed by atoms with Gasteiger partial charge in [0.2, 0.25) is 0 Å². The van der Waals surface area contributed by atoms with E-state index in [0.29, 0.717) is 17.1 Å². The zero-order chi connectivity index (χ0) is 15.1. The Morgan fingerprint density at radius 1 is 1.10 bits per heavy atom. The number of carbonyl (C=O) groups is 1. The summed E-state index contributed by atoms with van der Waals surface area (Å²) in [6.45, 7) is 1.51. The lowest BCUT2D eigenvalue weighted by Gasteiger charge is -2.19. The van der Waals surface area contributed by atoms with E-state index in [0.717, 1.165) is 13.0 Å². The first-order valence-electron chi connectivity index (χ1n) is 6.97. The van der Waals surface area contributed by atoms with E-state index in [4.69, 9.17) is 11.6 Å². The normalized spacial score (nSPS) is 10.2. The largest absolute Gasteiger partial charge is 0.375 e. The molecule has 21 heavy (non-hydrogen) atoms. The highest BCUT2D eigenvalue weighted by molar-refractivity contribution is 6.33. The van der Waals surface area contributed by atoms with E-state index in [9.17, 15) is 4.79 Å². The quantitative estimate of drug-likeness (QED) is 0.827. The van der Waals surface area contributed by atoms with Gasteiger partial charge in [0, 0.05) is 25.8 Å². The first kappa shape index (κ1) is 15.4. The van der Waals surface area contributed by atoms with E-state index in [1.807, 2.05) is 37.4 Å². The number of nitrogens with one attached hydrogen (secondary N) is 1. The highest BCUT2D eigenvalue weighted by Crippen LogP contribution is 2.14. The molecule has 0 aliphatic heterocycles. The highest BCUT2D eigenvalue weighted by atomic mass is 35.5. The lowest BCUT2D eigenvalue weighted by molar-refractivity contribution is 0.0953. The van der Waals surface area contributed by atoms with Crippen molar-refractivity contribution in [3.8, 4) is 0 Å². The average Bonchev–Trinajstić information content (AvgIpc) is 2.52. The molecule has 2 aromatic carbocycles. The SMILES string of the molecule is CN(CCCNC(=O)c1ccccc1Cl)c1ccccc1. The summed E-state index contributed by atoms with van der Waals surface area (Å²) >= 11 is 5.99. The van der Waals surface area contributed by atoms with Gasteiger partial charge < -0.3 is 10.2 Å². The molecule has 0 fully saturated rings. The number of hydrogen-bond acceptors (Lipinski definition) is 2. The van der Waals surface area contributed by atoms with Gasteiger partial charge in [-0.2, -0.15) is 0 Å². The Labute approximate surface area is 130 Å². The van der Waals surface area contributed by atoms with Crippen LogP contribution in [0.2, 0.25) is 5.02 Å². The number of anilines is 1. The van der Waals surface area contributed by atoms with Crippen molar-refractivity contribution in [1.82, 2.24) is 5.32 Å². The number of rotatable bonds is 6. The second-order valence-electron chi connectivity index (χ2n) is 4.85. The number of nitrogens with zero attached hydrogens (tertiary/aromatic N) is 1. The molecule has 0 saturated heterocycles. The van der Waals surface area contributed by atoms with Crippen molar-refractivity contribution in [3.63, 3.8) is 0 Å². The van der Waals surface area contributed by atoms with Crippen LogP contribution in [-0.2, 0) is 0 Å². The van der Waals surface area contributed by atoms with Gasteiger partial charge in [0.05, 0.1) is 10.6 Å². The summed E-state index contributed by atoms with van der Waals surface area (Å²) in [5.74, 6) is -0.122. The average molecular weight is 303 g/mol.